The minimum atomic E-state index is 0.0359. The second kappa shape index (κ2) is 7.71. The molecule has 0 heterocycles. The van der Waals surface area contributed by atoms with Gasteiger partial charge >= 0.3 is 0 Å². The van der Waals surface area contributed by atoms with Crippen molar-refractivity contribution in [2.24, 2.45) is 0 Å². The summed E-state index contributed by atoms with van der Waals surface area (Å²) in [7, 11) is 1.62. The lowest BCUT2D eigenvalue weighted by Crippen LogP contribution is -2.35. The molecule has 0 radical (unpaired) electrons. The predicted molar refractivity (Wildman–Crippen MR) is 72.8 cm³/mol. The Balaban J connectivity index is 2.30. The van der Waals surface area contributed by atoms with Crippen LogP contribution in [0.1, 0.15) is 19.4 Å². The largest absolute Gasteiger partial charge is 0.497 e. The summed E-state index contributed by atoms with van der Waals surface area (Å²) in [6.07, 6.45) is 0.388. The molecule has 0 saturated carbocycles. The number of methoxy groups -OCH3 is 1. The van der Waals surface area contributed by atoms with Crippen LogP contribution in [0.2, 0.25) is 0 Å². The molecule has 100 valence electrons. The molecular formula is C14H22N2O2. The van der Waals surface area contributed by atoms with Gasteiger partial charge < -0.3 is 15.4 Å². The molecule has 0 aliphatic carbocycles. The molecule has 18 heavy (non-hydrogen) atoms. The minimum Gasteiger partial charge on any atom is -0.497 e. The van der Waals surface area contributed by atoms with E-state index in [1.165, 1.54) is 0 Å². The molecule has 0 bridgehead atoms. The van der Waals surface area contributed by atoms with E-state index in [1.807, 2.05) is 24.3 Å². The maximum atomic E-state index is 11.7. The van der Waals surface area contributed by atoms with E-state index in [0.29, 0.717) is 19.0 Å². The first-order chi connectivity index (χ1) is 8.61. The molecule has 1 aromatic rings. The quantitative estimate of drug-likeness (QED) is 0.718. The van der Waals surface area contributed by atoms with E-state index in [4.69, 9.17) is 4.74 Å². The average molecular weight is 250 g/mol. The van der Waals surface area contributed by atoms with Crippen LogP contribution in [0.15, 0.2) is 24.3 Å². The lowest BCUT2D eigenvalue weighted by atomic mass is 10.1. The van der Waals surface area contributed by atoms with Gasteiger partial charge in [0.2, 0.25) is 5.91 Å². The van der Waals surface area contributed by atoms with Gasteiger partial charge in [0.25, 0.3) is 0 Å². The van der Waals surface area contributed by atoms with Crippen molar-refractivity contribution in [3.05, 3.63) is 29.8 Å². The molecule has 0 unspecified atom stereocenters. The van der Waals surface area contributed by atoms with Crippen LogP contribution in [0.3, 0.4) is 0 Å². The summed E-state index contributed by atoms with van der Waals surface area (Å²) < 4.78 is 5.12. The molecule has 1 amide bonds. The first kappa shape index (κ1) is 14.5. The Hall–Kier alpha value is -1.55. The predicted octanol–water partition coefficient (Wildman–Crippen LogP) is 1.35. The van der Waals surface area contributed by atoms with Crippen LogP contribution in [-0.2, 0) is 11.2 Å². The average Bonchev–Trinajstić information content (AvgIpc) is 2.34. The third kappa shape index (κ3) is 5.68. The highest BCUT2D eigenvalue weighted by atomic mass is 16.5. The maximum absolute atomic E-state index is 11.7. The fourth-order valence-corrected chi connectivity index (χ4v) is 1.59. The molecule has 1 aromatic carbocycles. The highest BCUT2D eigenvalue weighted by molar-refractivity contribution is 5.78. The Bertz CT molecular complexity index is 378. The van der Waals surface area contributed by atoms with Crippen LogP contribution in [0.5, 0.6) is 5.75 Å². The molecule has 0 spiro atoms. The Kier molecular flexibility index (Phi) is 6.22. The van der Waals surface area contributed by atoms with Crippen molar-refractivity contribution in [3.8, 4) is 5.75 Å². The van der Waals surface area contributed by atoms with E-state index in [0.717, 1.165) is 17.9 Å². The maximum Gasteiger partial charge on any atom is 0.224 e. The molecule has 4 nitrogen and oxygen atoms in total. The number of carbonyl (C=O) groups is 1. The smallest absolute Gasteiger partial charge is 0.224 e. The van der Waals surface area contributed by atoms with Gasteiger partial charge in [-0.05, 0) is 17.7 Å². The SMILES string of the molecule is COc1cccc(CC(=O)NCCNC(C)C)c1. The number of ether oxygens (including phenoxy) is 1. The highest BCUT2D eigenvalue weighted by Crippen LogP contribution is 2.12. The first-order valence-corrected chi connectivity index (χ1v) is 6.25. The number of hydrogen-bond donors (Lipinski definition) is 2. The second-order valence-electron chi connectivity index (χ2n) is 4.49. The van der Waals surface area contributed by atoms with Crippen LogP contribution >= 0.6 is 0 Å². The summed E-state index contributed by atoms with van der Waals surface area (Å²) >= 11 is 0. The van der Waals surface area contributed by atoms with Crippen molar-refractivity contribution in [2.45, 2.75) is 26.3 Å². The standard InChI is InChI=1S/C14H22N2O2/c1-11(2)15-7-8-16-14(17)10-12-5-4-6-13(9-12)18-3/h4-6,9,11,15H,7-8,10H2,1-3H3,(H,16,17). The van der Waals surface area contributed by atoms with Crippen LogP contribution in [0.25, 0.3) is 0 Å². The summed E-state index contributed by atoms with van der Waals surface area (Å²) in [6.45, 7) is 5.61. The summed E-state index contributed by atoms with van der Waals surface area (Å²) in [6, 6.07) is 8.01. The van der Waals surface area contributed by atoms with Gasteiger partial charge in [0.05, 0.1) is 13.5 Å². The fraction of sp³-hybridized carbons (Fsp3) is 0.500. The number of rotatable bonds is 7. The molecule has 0 fully saturated rings. The van der Waals surface area contributed by atoms with Gasteiger partial charge in [-0.2, -0.15) is 0 Å². The molecule has 0 aromatic heterocycles. The summed E-state index contributed by atoms with van der Waals surface area (Å²) in [5.74, 6) is 0.815. The second-order valence-corrected chi connectivity index (χ2v) is 4.49. The van der Waals surface area contributed by atoms with Gasteiger partial charge in [0.15, 0.2) is 0 Å². The number of amides is 1. The Morgan fingerprint density at radius 3 is 2.78 bits per heavy atom. The number of nitrogens with one attached hydrogen (secondary N) is 2. The zero-order valence-corrected chi connectivity index (χ0v) is 11.3. The van der Waals surface area contributed by atoms with Crippen molar-refractivity contribution in [3.63, 3.8) is 0 Å². The Labute approximate surface area is 109 Å². The van der Waals surface area contributed by atoms with E-state index >= 15 is 0 Å². The monoisotopic (exact) mass is 250 g/mol. The molecule has 2 N–H and O–H groups in total. The normalized spacial score (nSPS) is 10.4. The van der Waals surface area contributed by atoms with Crippen molar-refractivity contribution in [1.29, 1.82) is 0 Å². The summed E-state index contributed by atoms with van der Waals surface area (Å²) in [5.41, 5.74) is 0.962. The van der Waals surface area contributed by atoms with Crippen molar-refractivity contribution in [1.82, 2.24) is 10.6 Å². The topological polar surface area (TPSA) is 50.4 Å². The van der Waals surface area contributed by atoms with Gasteiger partial charge in [-0.1, -0.05) is 26.0 Å². The van der Waals surface area contributed by atoms with E-state index in [9.17, 15) is 4.79 Å². The van der Waals surface area contributed by atoms with Crippen LogP contribution in [0.4, 0.5) is 0 Å². The van der Waals surface area contributed by atoms with Gasteiger partial charge in [0.1, 0.15) is 5.75 Å². The minimum absolute atomic E-state index is 0.0359. The molecule has 4 heteroatoms. The molecule has 0 atom stereocenters. The van der Waals surface area contributed by atoms with Gasteiger partial charge in [-0.25, -0.2) is 0 Å². The number of hydrogen-bond acceptors (Lipinski definition) is 3. The summed E-state index contributed by atoms with van der Waals surface area (Å²) in [5, 5.41) is 6.13. The van der Waals surface area contributed by atoms with Crippen LogP contribution in [0, 0.1) is 0 Å². The third-order valence-electron chi connectivity index (χ3n) is 2.50. The van der Waals surface area contributed by atoms with E-state index < -0.39 is 0 Å². The van der Waals surface area contributed by atoms with Crippen molar-refractivity contribution < 1.29 is 9.53 Å². The first-order valence-electron chi connectivity index (χ1n) is 6.25. The lowest BCUT2D eigenvalue weighted by molar-refractivity contribution is -0.120. The van der Waals surface area contributed by atoms with E-state index in [-0.39, 0.29) is 5.91 Å². The van der Waals surface area contributed by atoms with Gasteiger partial charge in [-0.3, -0.25) is 4.79 Å². The molecule has 1 rings (SSSR count). The molecule has 0 saturated heterocycles. The van der Waals surface area contributed by atoms with Crippen molar-refractivity contribution in [2.75, 3.05) is 20.2 Å². The van der Waals surface area contributed by atoms with Gasteiger partial charge in [0, 0.05) is 19.1 Å². The Morgan fingerprint density at radius 2 is 2.11 bits per heavy atom. The zero-order valence-electron chi connectivity index (χ0n) is 11.3. The number of carbonyl (C=O) groups excluding carboxylic acids is 1. The zero-order chi connectivity index (χ0) is 13.4. The summed E-state index contributed by atoms with van der Waals surface area (Å²) in [4.78, 5) is 11.7. The fourth-order valence-electron chi connectivity index (χ4n) is 1.59. The molecule has 0 aliphatic rings. The lowest BCUT2D eigenvalue weighted by Gasteiger charge is -2.09. The highest BCUT2D eigenvalue weighted by Gasteiger charge is 2.03. The van der Waals surface area contributed by atoms with E-state index in [1.54, 1.807) is 7.11 Å². The van der Waals surface area contributed by atoms with Crippen LogP contribution < -0.4 is 15.4 Å². The van der Waals surface area contributed by atoms with Crippen LogP contribution in [-0.4, -0.2) is 32.1 Å². The van der Waals surface area contributed by atoms with Crippen molar-refractivity contribution >= 4 is 5.91 Å². The third-order valence-corrected chi connectivity index (χ3v) is 2.50. The number of benzene rings is 1. The van der Waals surface area contributed by atoms with Gasteiger partial charge in [-0.15, -0.1) is 0 Å². The molecule has 0 aliphatic heterocycles. The Morgan fingerprint density at radius 1 is 1.33 bits per heavy atom. The molecular weight excluding hydrogens is 228 g/mol. The van der Waals surface area contributed by atoms with E-state index in [2.05, 4.69) is 24.5 Å².